The van der Waals surface area contributed by atoms with Crippen LogP contribution in [0.1, 0.15) is 31.8 Å². The van der Waals surface area contributed by atoms with E-state index in [2.05, 4.69) is 26.4 Å². The number of nitro groups is 2. The van der Waals surface area contributed by atoms with Gasteiger partial charge in [-0.15, -0.1) is 0 Å². The van der Waals surface area contributed by atoms with Gasteiger partial charge in [0.2, 0.25) is 0 Å². The van der Waals surface area contributed by atoms with Crippen molar-refractivity contribution in [1.29, 1.82) is 0 Å². The molecule has 0 fully saturated rings. The molecule has 0 aromatic heterocycles. The van der Waals surface area contributed by atoms with Gasteiger partial charge in [-0.25, -0.2) is 4.79 Å². The van der Waals surface area contributed by atoms with Crippen LogP contribution in [-0.4, -0.2) is 60.0 Å². The van der Waals surface area contributed by atoms with Crippen LogP contribution in [-0.2, 0) is 16.6 Å². The Morgan fingerprint density at radius 2 is 1.64 bits per heavy atom. The van der Waals surface area contributed by atoms with Gasteiger partial charge in [0.15, 0.2) is 0 Å². The molecule has 0 atom stereocenters. The average molecular weight is 529 g/mol. The number of aliphatic hydroxyl groups is 1. The number of alkyl halides is 1. The molecule has 3 rings (SSSR count). The van der Waals surface area contributed by atoms with Crippen molar-refractivity contribution >= 4 is 39.2 Å². The van der Waals surface area contributed by atoms with Gasteiger partial charge in [-0.05, 0) is 30.3 Å². The van der Waals surface area contributed by atoms with Crippen LogP contribution in [0.2, 0.25) is 0 Å². The molecule has 2 aromatic carbocycles. The number of carbonyl (C=O) groups is 2. The van der Waals surface area contributed by atoms with E-state index in [4.69, 9.17) is 5.11 Å². The Labute approximate surface area is 198 Å². The maximum atomic E-state index is 11.4. The molecule has 2 aromatic rings. The van der Waals surface area contributed by atoms with Crippen molar-refractivity contribution in [3.8, 4) is 0 Å². The molecule has 0 bridgehead atoms. The normalized spacial score (nSPS) is 10.9. The lowest BCUT2D eigenvalue weighted by Gasteiger charge is -2.04. The Hall–Kier alpha value is -3.42. The quantitative estimate of drug-likeness (QED) is 0.261. The Morgan fingerprint density at radius 3 is 2.12 bits per heavy atom. The molecule has 12 nitrogen and oxygen atoms in total. The largest absolute Gasteiger partial charge is 0.465 e. The topological polar surface area (TPSA) is 179 Å². The lowest BCUT2D eigenvalue weighted by molar-refractivity contribution is -0.385. The van der Waals surface area contributed by atoms with E-state index in [-0.39, 0.29) is 17.3 Å². The van der Waals surface area contributed by atoms with Crippen molar-refractivity contribution in [3.63, 3.8) is 0 Å². The van der Waals surface area contributed by atoms with Gasteiger partial charge in [0, 0.05) is 55.9 Å². The van der Waals surface area contributed by atoms with Crippen LogP contribution in [0.15, 0.2) is 36.4 Å². The fourth-order valence-corrected chi connectivity index (χ4v) is 3.14. The Bertz CT molecular complexity index is 1000. The number of hydrogen-bond acceptors (Lipinski definition) is 9. The van der Waals surface area contributed by atoms with Crippen molar-refractivity contribution in [3.05, 3.63) is 78.9 Å². The summed E-state index contributed by atoms with van der Waals surface area (Å²) in [5.41, 5.74) is 6.66. The summed E-state index contributed by atoms with van der Waals surface area (Å²) < 4.78 is 4.55. The molecule has 3 N–H and O–H groups in total. The molecule has 1 heterocycles. The Balaban J connectivity index is 0.000000540. The lowest BCUT2D eigenvalue weighted by Crippen LogP contribution is -2.17. The van der Waals surface area contributed by atoms with Gasteiger partial charge in [0.1, 0.15) is 0 Å². The number of nitro benzene ring substituents is 2. The Morgan fingerprint density at radius 1 is 1.12 bits per heavy atom. The predicted octanol–water partition coefficient (Wildman–Crippen LogP) is 2.64. The molecular formula is C20H25BrN4O8. The highest BCUT2D eigenvalue weighted by Crippen LogP contribution is 2.25. The molecule has 33 heavy (non-hydrogen) atoms. The van der Waals surface area contributed by atoms with Gasteiger partial charge in [-0.2, -0.15) is 0 Å². The molecular weight excluding hydrogens is 504 g/mol. The number of benzene rings is 2. The zero-order valence-corrected chi connectivity index (χ0v) is 20.1. The van der Waals surface area contributed by atoms with Crippen molar-refractivity contribution in [2.45, 2.75) is 11.9 Å². The molecule has 0 spiro atoms. The zero-order valence-electron chi connectivity index (χ0n) is 18.5. The number of nitrogens with zero attached hydrogens (tertiary/aromatic N) is 3. The fraction of sp³-hybridized carbons (Fsp3) is 0.300. The first-order valence-electron chi connectivity index (χ1n) is 9.16. The second-order valence-electron chi connectivity index (χ2n) is 5.98. The van der Waals surface area contributed by atoms with Crippen molar-refractivity contribution in [1.82, 2.24) is 4.90 Å². The summed E-state index contributed by atoms with van der Waals surface area (Å²) in [6.45, 7) is 0.454. The molecule has 0 aliphatic carbocycles. The van der Waals surface area contributed by atoms with E-state index in [0.29, 0.717) is 28.6 Å². The molecule has 0 saturated heterocycles. The molecule has 0 unspecified atom stereocenters. The standard InChI is InChI=1S/C9H8BrNO4.C9H8N2O3.CH5N.CH4O/c1-15-9(12)8-3-2-7(11(13)14)4-6(8)5-10;1-10-5-6-4-7(11(13)14)2-3-8(6)9(10)12;2*1-2/h2-4H,5H2,1H3;2-4H,5H2,1H3;2H2,1H3;2H,1H3. The van der Waals surface area contributed by atoms with Crippen molar-refractivity contribution < 1.29 is 29.3 Å². The zero-order chi connectivity index (χ0) is 25.7. The number of non-ortho nitro benzene ring substituents is 2. The summed E-state index contributed by atoms with van der Waals surface area (Å²) in [7, 11) is 5.44. The van der Waals surface area contributed by atoms with E-state index in [1.54, 1.807) is 7.05 Å². The summed E-state index contributed by atoms with van der Waals surface area (Å²) >= 11 is 3.16. The maximum Gasteiger partial charge on any atom is 0.338 e. The third-order valence-electron chi connectivity index (χ3n) is 4.13. The summed E-state index contributed by atoms with van der Waals surface area (Å²) in [6, 6.07) is 8.34. The smallest absolute Gasteiger partial charge is 0.338 e. The minimum Gasteiger partial charge on any atom is -0.465 e. The van der Waals surface area contributed by atoms with Gasteiger partial charge in [-0.3, -0.25) is 25.0 Å². The van der Waals surface area contributed by atoms with E-state index in [9.17, 15) is 29.8 Å². The molecule has 13 heteroatoms. The molecule has 1 amide bonds. The number of methoxy groups -OCH3 is 1. The van der Waals surface area contributed by atoms with Gasteiger partial charge < -0.3 is 20.5 Å². The summed E-state index contributed by atoms with van der Waals surface area (Å²) in [6.07, 6.45) is 0. The SMILES string of the molecule is CN.CN1Cc2cc([N+](=O)[O-])ccc2C1=O.CO.COC(=O)c1ccc([N+](=O)[O-])cc1CBr. The van der Waals surface area contributed by atoms with Crippen LogP contribution in [0.5, 0.6) is 0 Å². The number of aliphatic hydroxyl groups excluding tert-OH is 1. The Kier molecular flexibility index (Phi) is 13.1. The monoisotopic (exact) mass is 528 g/mol. The minimum atomic E-state index is -0.507. The van der Waals surface area contributed by atoms with E-state index in [1.807, 2.05) is 0 Å². The maximum absolute atomic E-state index is 11.4. The molecule has 0 saturated carbocycles. The molecule has 1 aliphatic rings. The van der Waals surface area contributed by atoms with Gasteiger partial charge in [0.25, 0.3) is 17.3 Å². The van der Waals surface area contributed by atoms with Crippen LogP contribution in [0, 0.1) is 20.2 Å². The molecule has 1 aliphatic heterocycles. The first kappa shape index (κ1) is 29.6. The third-order valence-corrected chi connectivity index (χ3v) is 4.74. The highest BCUT2D eigenvalue weighted by atomic mass is 79.9. The minimum absolute atomic E-state index is 0.0341. The first-order chi connectivity index (χ1) is 15.7. The van der Waals surface area contributed by atoms with E-state index >= 15 is 0 Å². The van der Waals surface area contributed by atoms with Crippen molar-refractivity contribution in [2.75, 3.05) is 28.3 Å². The van der Waals surface area contributed by atoms with E-state index in [1.165, 1.54) is 55.5 Å². The average Bonchev–Trinajstić information content (AvgIpc) is 3.13. The number of nitrogens with two attached hydrogens (primary N) is 1. The highest BCUT2D eigenvalue weighted by molar-refractivity contribution is 9.08. The summed E-state index contributed by atoms with van der Waals surface area (Å²) in [5, 5.41) is 28.3. The van der Waals surface area contributed by atoms with Crippen LogP contribution < -0.4 is 5.73 Å². The lowest BCUT2D eigenvalue weighted by atomic mass is 10.1. The number of hydrogen-bond donors (Lipinski definition) is 2. The fourth-order valence-electron chi connectivity index (χ4n) is 2.68. The molecule has 180 valence electrons. The summed E-state index contributed by atoms with van der Waals surface area (Å²) in [5.74, 6) is -0.575. The number of amides is 1. The van der Waals surface area contributed by atoms with Crippen LogP contribution in [0.4, 0.5) is 11.4 Å². The van der Waals surface area contributed by atoms with Gasteiger partial charge in [0.05, 0.1) is 22.5 Å². The second kappa shape index (κ2) is 14.6. The predicted molar refractivity (Wildman–Crippen MR) is 124 cm³/mol. The number of esters is 1. The number of carbonyl (C=O) groups excluding carboxylic acids is 2. The van der Waals surface area contributed by atoms with E-state index < -0.39 is 15.8 Å². The number of fused-ring (bicyclic) bond motifs is 1. The summed E-state index contributed by atoms with van der Waals surface area (Å²) in [4.78, 5) is 44.2. The number of rotatable bonds is 4. The third kappa shape index (κ3) is 7.89. The van der Waals surface area contributed by atoms with Crippen LogP contribution >= 0.6 is 15.9 Å². The second-order valence-corrected chi connectivity index (χ2v) is 6.54. The van der Waals surface area contributed by atoms with E-state index in [0.717, 1.165) is 12.7 Å². The first-order valence-corrected chi connectivity index (χ1v) is 10.3. The highest BCUT2D eigenvalue weighted by Gasteiger charge is 2.25. The van der Waals surface area contributed by atoms with Crippen molar-refractivity contribution in [2.24, 2.45) is 5.73 Å². The van der Waals surface area contributed by atoms with Gasteiger partial charge >= 0.3 is 5.97 Å². The number of halogens is 1. The van der Waals surface area contributed by atoms with Gasteiger partial charge in [-0.1, -0.05) is 15.9 Å². The van der Waals surface area contributed by atoms with Crippen LogP contribution in [0.3, 0.4) is 0 Å². The van der Waals surface area contributed by atoms with Crippen LogP contribution in [0.25, 0.3) is 0 Å². The number of ether oxygens (including phenoxy) is 1. The molecule has 0 radical (unpaired) electrons.